The van der Waals surface area contributed by atoms with Crippen molar-refractivity contribution in [2.24, 2.45) is 5.92 Å². The van der Waals surface area contributed by atoms with Crippen molar-refractivity contribution in [3.63, 3.8) is 0 Å². The maximum absolute atomic E-state index is 12.5. The topological polar surface area (TPSA) is 102 Å². The van der Waals surface area contributed by atoms with Crippen molar-refractivity contribution in [2.75, 3.05) is 23.9 Å². The molecule has 0 aromatic heterocycles. The summed E-state index contributed by atoms with van der Waals surface area (Å²) < 4.78 is 5.27. The number of nitro groups is 1. The molecule has 0 aliphatic carbocycles. The third kappa shape index (κ3) is 3.85. The van der Waals surface area contributed by atoms with Crippen LogP contribution >= 0.6 is 11.6 Å². The largest absolute Gasteiger partial charge is 0.495 e. The molecule has 140 valence electrons. The lowest BCUT2D eigenvalue weighted by Crippen LogP contribution is -2.28. The number of anilines is 2. The molecule has 27 heavy (non-hydrogen) atoms. The molecule has 0 bridgehead atoms. The number of hydrogen-bond acceptors (Lipinski definition) is 5. The Kier molecular flexibility index (Phi) is 5.27. The fourth-order valence-corrected chi connectivity index (χ4v) is 3.13. The van der Waals surface area contributed by atoms with Crippen LogP contribution in [-0.4, -0.2) is 30.4 Å². The van der Waals surface area contributed by atoms with Gasteiger partial charge in [0.25, 0.3) is 5.69 Å². The van der Waals surface area contributed by atoms with Gasteiger partial charge in [0.2, 0.25) is 11.8 Å². The zero-order chi connectivity index (χ0) is 19.6. The fourth-order valence-electron chi connectivity index (χ4n) is 2.94. The maximum Gasteiger partial charge on any atom is 0.289 e. The summed E-state index contributed by atoms with van der Waals surface area (Å²) in [4.78, 5) is 36.8. The first-order valence-corrected chi connectivity index (χ1v) is 8.46. The summed E-state index contributed by atoms with van der Waals surface area (Å²) in [5.41, 5.74) is 0.550. The van der Waals surface area contributed by atoms with Crippen molar-refractivity contribution in [1.82, 2.24) is 0 Å². The number of hydrogen-bond donors (Lipinski definition) is 1. The van der Waals surface area contributed by atoms with E-state index in [1.165, 1.54) is 30.2 Å². The minimum absolute atomic E-state index is 0.0172. The highest BCUT2D eigenvalue weighted by molar-refractivity contribution is 6.32. The van der Waals surface area contributed by atoms with Crippen LogP contribution < -0.4 is 15.0 Å². The van der Waals surface area contributed by atoms with Crippen LogP contribution in [0.25, 0.3) is 0 Å². The number of carbonyl (C=O) groups excluding carboxylic acids is 2. The summed E-state index contributed by atoms with van der Waals surface area (Å²) >= 11 is 5.77. The van der Waals surface area contributed by atoms with Gasteiger partial charge in [0.15, 0.2) is 0 Å². The van der Waals surface area contributed by atoms with E-state index in [0.717, 1.165) is 0 Å². The van der Waals surface area contributed by atoms with Crippen LogP contribution in [0.15, 0.2) is 42.5 Å². The van der Waals surface area contributed by atoms with Gasteiger partial charge in [0.05, 0.1) is 23.6 Å². The van der Waals surface area contributed by atoms with Crippen LogP contribution in [0.3, 0.4) is 0 Å². The van der Waals surface area contributed by atoms with E-state index in [1.54, 1.807) is 24.3 Å². The third-order valence-corrected chi connectivity index (χ3v) is 4.60. The predicted octanol–water partition coefficient (Wildman–Crippen LogP) is 3.25. The Balaban J connectivity index is 1.75. The van der Waals surface area contributed by atoms with Gasteiger partial charge in [-0.3, -0.25) is 19.7 Å². The Morgan fingerprint density at radius 2 is 2.07 bits per heavy atom. The SMILES string of the molecule is COc1ccccc1N1CC(C(=O)Nc2ccc(Cl)c([N+](=O)[O-])c2)CC1=O. The molecule has 1 fully saturated rings. The molecule has 0 saturated carbocycles. The lowest BCUT2D eigenvalue weighted by molar-refractivity contribution is -0.384. The molecule has 1 aliphatic heterocycles. The molecule has 1 atom stereocenters. The monoisotopic (exact) mass is 389 g/mol. The highest BCUT2D eigenvalue weighted by atomic mass is 35.5. The van der Waals surface area contributed by atoms with E-state index in [2.05, 4.69) is 5.32 Å². The van der Waals surface area contributed by atoms with Gasteiger partial charge in [-0.1, -0.05) is 23.7 Å². The number of rotatable bonds is 5. The van der Waals surface area contributed by atoms with Crippen LogP contribution in [0.5, 0.6) is 5.75 Å². The Morgan fingerprint density at radius 1 is 1.33 bits per heavy atom. The summed E-state index contributed by atoms with van der Waals surface area (Å²) in [5.74, 6) is -0.628. The highest BCUT2D eigenvalue weighted by Gasteiger charge is 2.36. The van der Waals surface area contributed by atoms with Gasteiger partial charge in [-0.05, 0) is 24.3 Å². The van der Waals surface area contributed by atoms with Crippen LogP contribution in [-0.2, 0) is 9.59 Å². The quantitative estimate of drug-likeness (QED) is 0.624. The second kappa shape index (κ2) is 7.63. The van der Waals surface area contributed by atoms with E-state index in [-0.39, 0.29) is 35.3 Å². The number of ether oxygens (including phenoxy) is 1. The number of nitrogens with zero attached hydrogens (tertiary/aromatic N) is 2. The van der Waals surface area contributed by atoms with E-state index in [4.69, 9.17) is 16.3 Å². The summed E-state index contributed by atoms with van der Waals surface area (Å²) in [7, 11) is 1.51. The normalized spacial score (nSPS) is 16.3. The highest BCUT2D eigenvalue weighted by Crippen LogP contribution is 2.33. The van der Waals surface area contributed by atoms with E-state index in [9.17, 15) is 19.7 Å². The summed E-state index contributed by atoms with van der Waals surface area (Å²) in [6.45, 7) is 0.195. The number of amides is 2. The van der Waals surface area contributed by atoms with Crippen molar-refractivity contribution in [1.29, 1.82) is 0 Å². The number of carbonyl (C=O) groups is 2. The average Bonchev–Trinajstić information content (AvgIpc) is 3.04. The molecule has 2 aromatic rings. The lowest BCUT2D eigenvalue weighted by atomic mass is 10.1. The second-order valence-corrected chi connectivity index (χ2v) is 6.40. The van der Waals surface area contributed by atoms with Gasteiger partial charge < -0.3 is 15.0 Å². The number of nitro benzene ring substituents is 1. The third-order valence-electron chi connectivity index (χ3n) is 4.28. The zero-order valence-corrected chi connectivity index (χ0v) is 15.1. The molecule has 1 aliphatic rings. The Morgan fingerprint density at radius 3 is 2.78 bits per heavy atom. The van der Waals surface area contributed by atoms with E-state index in [0.29, 0.717) is 11.4 Å². The summed E-state index contributed by atoms with van der Waals surface area (Å²) in [6.07, 6.45) is 0.0412. The van der Waals surface area contributed by atoms with Gasteiger partial charge in [-0.25, -0.2) is 0 Å². The molecule has 1 N–H and O–H groups in total. The van der Waals surface area contributed by atoms with Crippen molar-refractivity contribution >= 4 is 40.5 Å². The predicted molar refractivity (Wildman–Crippen MR) is 100 cm³/mol. The van der Waals surface area contributed by atoms with Crippen LogP contribution in [0.4, 0.5) is 17.1 Å². The second-order valence-electron chi connectivity index (χ2n) is 5.99. The molecule has 8 nitrogen and oxygen atoms in total. The average molecular weight is 390 g/mol. The molecule has 1 unspecified atom stereocenters. The lowest BCUT2D eigenvalue weighted by Gasteiger charge is -2.19. The Labute approximate surface area is 159 Å². The molecule has 2 amide bonds. The Bertz CT molecular complexity index is 918. The molecule has 0 spiro atoms. The first kappa shape index (κ1) is 18.7. The first-order valence-electron chi connectivity index (χ1n) is 8.09. The van der Waals surface area contributed by atoms with Crippen molar-refractivity contribution in [3.8, 4) is 5.75 Å². The van der Waals surface area contributed by atoms with E-state index >= 15 is 0 Å². The fraction of sp³-hybridized carbons (Fsp3) is 0.222. The van der Waals surface area contributed by atoms with Crippen molar-refractivity contribution in [3.05, 3.63) is 57.6 Å². The van der Waals surface area contributed by atoms with Crippen LogP contribution in [0, 0.1) is 16.0 Å². The van der Waals surface area contributed by atoms with Gasteiger partial charge >= 0.3 is 0 Å². The Hall–Kier alpha value is -3.13. The van der Waals surface area contributed by atoms with E-state index < -0.39 is 16.7 Å². The van der Waals surface area contributed by atoms with Gasteiger partial charge in [-0.15, -0.1) is 0 Å². The molecule has 9 heteroatoms. The number of halogens is 1. The van der Waals surface area contributed by atoms with Crippen molar-refractivity contribution in [2.45, 2.75) is 6.42 Å². The van der Waals surface area contributed by atoms with Crippen LogP contribution in [0.2, 0.25) is 5.02 Å². The van der Waals surface area contributed by atoms with Crippen molar-refractivity contribution < 1.29 is 19.2 Å². The number of nitrogens with one attached hydrogen (secondary N) is 1. The number of methoxy groups -OCH3 is 1. The molecule has 0 radical (unpaired) electrons. The summed E-state index contributed by atoms with van der Waals surface area (Å²) in [6, 6.07) is 11.1. The zero-order valence-electron chi connectivity index (χ0n) is 14.3. The standard InChI is InChI=1S/C18H16ClN3O5/c1-27-16-5-3-2-4-14(16)21-10-11(8-17(21)23)18(24)20-12-6-7-13(19)15(9-12)22(25)26/h2-7,9,11H,8,10H2,1H3,(H,20,24). The number of benzene rings is 2. The summed E-state index contributed by atoms with van der Waals surface area (Å²) in [5, 5.41) is 13.6. The van der Waals surface area contributed by atoms with Gasteiger partial charge in [-0.2, -0.15) is 0 Å². The van der Waals surface area contributed by atoms with E-state index in [1.807, 2.05) is 0 Å². The molecule has 1 heterocycles. The molecule has 2 aromatic carbocycles. The first-order chi connectivity index (χ1) is 12.9. The van der Waals surface area contributed by atoms with Crippen LogP contribution in [0.1, 0.15) is 6.42 Å². The minimum atomic E-state index is -0.625. The smallest absolute Gasteiger partial charge is 0.289 e. The van der Waals surface area contributed by atoms with Gasteiger partial charge in [0, 0.05) is 24.7 Å². The molecular formula is C18H16ClN3O5. The maximum atomic E-state index is 12.5. The molecule has 1 saturated heterocycles. The number of para-hydroxylation sites is 2. The minimum Gasteiger partial charge on any atom is -0.495 e. The van der Waals surface area contributed by atoms with Gasteiger partial charge in [0.1, 0.15) is 10.8 Å². The molecular weight excluding hydrogens is 374 g/mol. The molecule has 3 rings (SSSR count).